The number of fused-ring (bicyclic) bond motifs is 1. The summed E-state index contributed by atoms with van der Waals surface area (Å²) in [6.07, 6.45) is 0. The molecule has 0 bridgehead atoms. The smallest absolute Gasteiger partial charge is 0.375 e. The van der Waals surface area contributed by atoms with Gasteiger partial charge < -0.3 is 19.2 Å². The fourth-order valence-corrected chi connectivity index (χ4v) is 3.28. The Balaban J connectivity index is 1.46. The summed E-state index contributed by atoms with van der Waals surface area (Å²) in [6.45, 7) is 1.54. The number of methoxy groups -OCH3 is 1. The first-order valence-corrected chi connectivity index (χ1v) is 9.65. The van der Waals surface area contributed by atoms with E-state index in [9.17, 15) is 9.59 Å². The predicted molar refractivity (Wildman–Crippen MR) is 114 cm³/mol. The highest BCUT2D eigenvalue weighted by atomic mass is 16.5. The van der Waals surface area contributed by atoms with Gasteiger partial charge in [-0.3, -0.25) is 4.79 Å². The van der Waals surface area contributed by atoms with Crippen molar-refractivity contribution in [2.75, 3.05) is 19.0 Å². The van der Waals surface area contributed by atoms with Gasteiger partial charge in [-0.2, -0.15) is 5.10 Å². The van der Waals surface area contributed by atoms with Gasteiger partial charge in [-0.05, 0) is 25.1 Å². The number of aromatic nitrogens is 2. The van der Waals surface area contributed by atoms with Gasteiger partial charge in [-0.1, -0.05) is 36.4 Å². The number of nitrogens with one attached hydrogen (secondary N) is 1. The molecule has 0 saturated heterocycles. The van der Waals surface area contributed by atoms with Gasteiger partial charge in [-0.15, -0.1) is 0 Å². The molecule has 0 atom stereocenters. The summed E-state index contributed by atoms with van der Waals surface area (Å²) in [6, 6.07) is 18.4. The van der Waals surface area contributed by atoms with E-state index < -0.39 is 18.5 Å². The molecule has 0 aliphatic carbocycles. The normalized spacial score (nSPS) is 10.9. The highest BCUT2D eigenvalue weighted by Gasteiger charge is 2.22. The molecule has 0 unspecified atom stereocenters. The van der Waals surface area contributed by atoms with Crippen LogP contribution in [0.2, 0.25) is 0 Å². The molecule has 8 nitrogen and oxygen atoms in total. The maximum absolute atomic E-state index is 12.6. The van der Waals surface area contributed by atoms with Crippen molar-refractivity contribution in [2.24, 2.45) is 0 Å². The molecule has 4 aromatic rings. The Morgan fingerprint density at radius 2 is 1.84 bits per heavy atom. The number of esters is 1. The number of carbonyl (C=O) groups is 2. The quantitative estimate of drug-likeness (QED) is 0.457. The van der Waals surface area contributed by atoms with Gasteiger partial charge in [0.15, 0.2) is 6.61 Å². The minimum atomic E-state index is -0.730. The lowest BCUT2D eigenvalue weighted by molar-refractivity contribution is -0.119. The van der Waals surface area contributed by atoms with Crippen LogP contribution >= 0.6 is 0 Å². The van der Waals surface area contributed by atoms with Gasteiger partial charge >= 0.3 is 5.97 Å². The van der Waals surface area contributed by atoms with Crippen molar-refractivity contribution < 1.29 is 23.5 Å². The van der Waals surface area contributed by atoms with Crippen molar-refractivity contribution in [3.05, 3.63) is 77.7 Å². The molecule has 0 spiro atoms. The Hall–Kier alpha value is -3.91. The number of nitrogens with zero attached hydrogens (tertiary/aromatic N) is 2. The van der Waals surface area contributed by atoms with Crippen molar-refractivity contribution in [2.45, 2.75) is 13.5 Å². The lowest BCUT2D eigenvalue weighted by Crippen LogP contribution is -2.22. The molecule has 0 fully saturated rings. The predicted octanol–water partition coefficient (Wildman–Crippen LogP) is 3.87. The number of anilines is 1. The van der Waals surface area contributed by atoms with Crippen LogP contribution in [0.1, 0.15) is 21.8 Å². The minimum absolute atomic E-state index is 0.0287. The summed E-state index contributed by atoms with van der Waals surface area (Å²) < 4.78 is 17.7. The fraction of sp³-hybridized carbons (Fsp3) is 0.174. The van der Waals surface area contributed by atoms with Crippen LogP contribution in [0.15, 0.2) is 65.1 Å². The van der Waals surface area contributed by atoms with Crippen LogP contribution in [0.4, 0.5) is 5.82 Å². The molecule has 2 aromatic carbocycles. The zero-order valence-corrected chi connectivity index (χ0v) is 17.1. The van der Waals surface area contributed by atoms with Crippen molar-refractivity contribution in [1.82, 2.24) is 9.78 Å². The molecule has 4 rings (SSSR count). The molecule has 158 valence electrons. The summed E-state index contributed by atoms with van der Waals surface area (Å²) in [5.41, 5.74) is 2.67. The van der Waals surface area contributed by atoms with Crippen LogP contribution in [-0.4, -0.2) is 35.4 Å². The first-order valence-electron chi connectivity index (χ1n) is 9.65. The topological polar surface area (TPSA) is 95.6 Å². The van der Waals surface area contributed by atoms with Gasteiger partial charge in [0.25, 0.3) is 5.91 Å². The number of ether oxygens (including phenoxy) is 2. The van der Waals surface area contributed by atoms with Gasteiger partial charge in [0, 0.05) is 24.1 Å². The van der Waals surface area contributed by atoms with Crippen LogP contribution in [0.25, 0.3) is 16.7 Å². The number of para-hydroxylation sites is 2. The Bertz CT molecular complexity index is 1230. The number of furan rings is 1. The third kappa shape index (κ3) is 4.34. The molecular formula is C23H21N3O5. The molecule has 1 N–H and O–H groups in total. The van der Waals surface area contributed by atoms with Crippen LogP contribution in [0.3, 0.4) is 0 Å². The van der Waals surface area contributed by atoms with Crippen molar-refractivity contribution in [3.63, 3.8) is 0 Å². The van der Waals surface area contributed by atoms with Crippen molar-refractivity contribution in [1.29, 1.82) is 0 Å². The average Bonchev–Trinajstić information content (AvgIpc) is 3.33. The Kier molecular flexibility index (Phi) is 5.81. The Morgan fingerprint density at radius 1 is 1.10 bits per heavy atom. The third-order valence-corrected chi connectivity index (χ3v) is 4.61. The maximum atomic E-state index is 12.6. The van der Waals surface area contributed by atoms with Crippen LogP contribution in [-0.2, 0) is 20.9 Å². The second-order valence-corrected chi connectivity index (χ2v) is 6.88. The second kappa shape index (κ2) is 8.85. The van der Waals surface area contributed by atoms with E-state index in [0.29, 0.717) is 17.0 Å². The highest BCUT2D eigenvalue weighted by Crippen LogP contribution is 2.27. The molecule has 2 aromatic heterocycles. The molecule has 31 heavy (non-hydrogen) atoms. The van der Waals surface area contributed by atoms with Crippen molar-refractivity contribution >= 4 is 28.7 Å². The summed E-state index contributed by atoms with van der Waals surface area (Å²) in [4.78, 5) is 25.0. The van der Waals surface area contributed by atoms with Crippen molar-refractivity contribution in [3.8, 4) is 5.69 Å². The first kappa shape index (κ1) is 20.4. The minimum Gasteiger partial charge on any atom is -0.450 e. The zero-order chi connectivity index (χ0) is 21.8. The van der Waals surface area contributed by atoms with Gasteiger partial charge in [0.05, 0.1) is 18.0 Å². The second-order valence-electron chi connectivity index (χ2n) is 6.88. The summed E-state index contributed by atoms with van der Waals surface area (Å²) in [7, 11) is 1.53. The third-order valence-electron chi connectivity index (χ3n) is 4.61. The van der Waals surface area contributed by atoms with E-state index in [-0.39, 0.29) is 12.4 Å². The standard InChI is InChI=1S/C23H21N3O5/c1-15-12-20(26(25-15)16-8-4-3-5-9-16)24-21(27)14-30-23(28)22-18(13-29-2)17-10-6-7-11-19(17)31-22/h3-12H,13-14H2,1-2H3,(H,24,27). The Morgan fingerprint density at radius 3 is 2.61 bits per heavy atom. The van der Waals surface area contributed by atoms with E-state index in [0.717, 1.165) is 16.8 Å². The largest absolute Gasteiger partial charge is 0.450 e. The molecule has 8 heteroatoms. The van der Waals surface area contributed by atoms with E-state index in [1.165, 1.54) is 7.11 Å². The number of amides is 1. The van der Waals surface area contributed by atoms with E-state index >= 15 is 0 Å². The molecule has 2 heterocycles. The first-order chi connectivity index (χ1) is 15.1. The molecule has 0 aliphatic rings. The van der Waals surface area contributed by atoms with Crippen LogP contribution in [0, 0.1) is 6.92 Å². The van der Waals surface area contributed by atoms with Gasteiger partial charge in [0.2, 0.25) is 5.76 Å². The molecule has 0 aliphatic heterocycles. The summed E-state index contributed by atoms with van der Waals surface area (Å²) in [5.74, 6) is -0.712. The Labute approximate surface area is 178 Å². The number of hydrogen-bond acceptors (Lipinski definition) is 6. The lowest BCUT2D eigenvalue weighted by Gasteiger charge is -2.09. The van der Waals surface area contributed by atoms with E-state index in [4.69, 9.17) is 13.9 Å². The van der Waals surface area contributed by atoms with E-state index in [1.54, 1.807) is 16.8 Å². The number of benzene rings is 2. The van der Waals surface area contributed by atoms with E-state index in [1.807, 2.05) is 55.5 Å². The SMILES string of the molecule is COCc1c(C(=O)OCC(=O)Nc2cc(C)nn2-c2ccccc2)oc2ccccc12. The zero-order valence-electron chi connectivity index (χ0n) is 17.1. The van der Waals surface area contributed by atoms with Crippen LogP contribution < -0.4 is 5.32 Å². The van der Waals surface area contributed by atoms with Gasteiger partial charge in [-0.25, -0.2) is 9.48 Å². The number of carbonyl (C=O) groups excluding carboxylic acids is 2. The van der Waals surface area contributed by atoms with Gasteiger partial charge in [0.1, 0.15) is 11.4 Å². The molecule has 0 saturated carbocycles. The molecular weight excluding hydrogens is 398 g/mol. The molecule has 1 amide bonds. The lowest BCUT2D eigenvalue weighted by atomic mass is 10.1. The maximum Gasteiger partial charge on any atom is 0.375 e. The highest BCUT2D eigenvalue weighted by molar-refractivity contribution is 5.98. The number of rotatable bonds is 7. The summed E-state index contributed by atoms with van der Waals surface area (Å²) in [5, 5.41) is 7.90. The monoisotopic (exact) mass is 419 g/mol. The van der Waals surface area contributed by atoms with E-state index in [2.05, 4.69) is 10.4 Å². The molecule has 0 radical (unpaired) electrons. The number of aryl methyl sites for hydroxylation is 1. The van der Waals surface area contributed by atoms with Crippen LogP contribution in [0.5, 0.6) is 0 Å². The fourth-order valence-electron chi connectivity index (χ4n) is 3.28. The number of hydrogen-bond donors (Lipinski definition) is 1. The average molecular weight is 419 g/mol. The summed E-state index contributed by atoms with van der Waals surface area (Å²) >= 11 is 0.